The Hall–Kier alpha value is -3.46. The summed E-state index contributed by atoms with van der Waals surface area (Å²) < 4.78 is 18.4. The fraction of sp³-hybridized carbons (Fsp3) is 0.250. The molecule has 4 N–H and O–H groups in total. The van der Waals surface area contributed by atoms with Gasteiger partial charge in [-0.15, -0.1) is 0 Å². The average Bonchev–Trinajstić information content (AvgIpc) is 2.72. The van der Waals surface area contributed by atoms with Crippen LogP contribution in [0.2, 0.25) is 0 Å². The van der Waals surface area contributed by atoms with Crippen LogP contribution in [0, 0.1) is 5.82 Å². The van der Waals surface area contributed by atoms with Crippen molar-refractivity contribution in [2.75, 3.05) is 32.1 Å². The molecule has 29 heavy (non-hydrogen) atoms. The van der Waals surface area contributed by atoms with Crippen molar-refractivity contribution in [2.45, 2.75) is 6.54 Å². The minimum atomic E-state index is -0.601. The summed E-state index contributed by atoms with van der Waals surface area (Å²) in [5.74, 6) is -1.23. The maximum atomic E-state index is 13.6. The molecule has 0 aliphatic carbocycles. The lowest BCUT2D eigenvalue weighted by Crippen LogP contribution is -2.42. The molecule has 0 atom stereocenters. The van der Waals surface area contributed by atoms with Crippen LogP contribution >= 0.6 is 0 Å². The molecule has 0 heterocycles. The van der Waals surface area contributed by atoms with E-state index < -0.39 is 11.9 Å². The quantitative estimate of drug-likeness (QED) is 0.477. The van der Waals surface area contributed by atoms with E-state index in [1.165, 1.54) is 13.2 Å². The lowest BCUT2D eigenvalue weighted by Gasteiger charge is -2.09. The Bertz CT molecular complexity index is 843. The summed E-state index contributed by atoms with van der Waals surface area (Å²) in [6.45, 7) is 0.609. The molecular weight excluding hydrogens is 379 g/mol. The van der Waals surface area contributed by atoms with Gasteiger partial charge < -0.3 is 20.7 Å². The fourth-order valence-corrected chi connectivity index (χ4v) is 2.32. The second kappa shape index (κ2) is 11.4. The molecule has 0 fully saturated rings. The molecule has 4 amide bonds. The molecule has 2 aromatic rings. The van der Waals surface area contributed by atoms with Gasteiger partial charge >= 0.3 is 6.03 Å². The zero-order chi connectivity index (χ0) is 21.1. The highest BCUT2D eigenvalue weighted by molar-refractivity contribution is 5.96. The molecule has 2 aromatic carbocycles. The second-order valence-electron chi connectivity index (χ2n) is 6.00. The summed E-state index contributed by atoms with van der Waals surface area (Å²) in [4.78, 5) is 35.3. The van der Waals surface area contributed by atoms with Crippen molar-refractivity contribution in [3.05, 3.63) is 65.5 Å². The van der Waals surface area contributed by atoms with Crippen LogP contribution in [0.4, 0.5) is 14.9 Å². The van der Waals surface area contributed by atoms with Gasteiger partial charge in [-0.05, 0) is 30.3 Å². The number of nitrogens with one attached hydrogen (secondary N) is 4. The number of hydrogen-bond donors (Lipinski definition) is 4. The third kappa shape index (κ3) is 7.59. The Labute approximate surface area is 167 Å². The molecule has 2 rings (SSSR count). The highest BCUT2D eigenvalue weighted by Crippen LogP contribution is 2.10. The van der Waals surface area contributed by atoms with Gasteiger partial charge in [0.25, 0.3) is 5.91 Å². The van der Waals surface area contributed by atoms with Crippen LogP contribution in [-0.4, -0.2) is 44.7 Å². The van der Waals surface area contributed by atoms with Crippen molar-refractivity contribution >= 4 is 23.5 Å². The summed E-state index contributed by atoms with van der Waals surface area (Å²) in [6.07, 6.45) is 0. The van der Waals surface area contributed by atoms with E-state index in [1.54, 1.807) is 42.5 Å². The molecule has 0 unspecified atom stereocenters. The number of hydrogen-bond acceptors (Lipinski definition) is 5. The van der Waals surface area contributed by atoms with Gasteiger partial charge in [0.15, 0.2) is 0 Å². The molecule has 0 radical (unpaired) electrons. The second-order valence-corrected chi connectivity index (χ2v) is 6.00. The van der Waals surface area contributed by atoms with Crippen LogP contribution in [0.25, 0.3) is 0 Å². The predicted octanol–water partition coefficient (Wildman–Crippen LogP) is 1.64. The van der Waals surface area contributed by atoms with Gasteiger partial charge in [0.2, 0.25) is 5.91 Å². The van der Waals surface area contributed by atoms with Gasteiger partial charge in [-0.2, -0.15) is 0 Å². The Balaban J connectivity index is 1.76. The smallest absolute Gasteiger partial charge is 0.321 e. The molecular formula is C20H23FN4O4. The Morgan fingerprint density at radius 3 is 2.41 bits per heavy atom. The molecule has 8 nitrogen and oxygen atoms in total. The topological polar surface area (TPSA) is 109 Å². The predicted molar refractivity (Wildman–Crippen MR) is 106 cm³/mol. The van der Waals surface area contributed by atoms with Crippen LogP contribution in [0.3, 0.4) is 0 Å². The third-order valence-electron chi connectivity index (χ3n) is 3.84. The summed E-state index contributed by atoms with van der Waals surface area (Å²) in [7, 11) is 1.51. The van der Waals surface area contributed by atoms with Crippen molar-refractivity contribution in [1.82, 2.24) is 16.0 Å². The molecule has 154 valence electrons. The minimum absolute atomic E-state index is 0.0815. The molecule has 0 spiro atoms. The number of carbonyl (C=O) groups excluding carboxylic acids is 3. The number of amides is 4. The van der Waals surface area contributed by atoms with Crippen molar-refractivity contribution in [3.63, 3.8) is 0 Å². The first-order valence-electron chi connectivity index (χ1n) is 8.91. The van der Waals surface area contributed by atoms with Gasteiger partial charge in [0.05, 0.1) is 13.2 Å². The Morgan fingerprint density at radius 1 is 1.00 bits per heavy atom. The van der Waals surface area contributed by atoms with Crippen molar-refractivity contribution in [3.8, 4) is 0 Å². The summed E-state index contributed by atoms with van der Waals surface area (Å²) >= 11 is 0. The first-order chi connectivity index (χ1) is 14.0. The van der Waals surface area contributed by atoms with Crippen LogP contribution in [-0.2, 0) is 16.1 Å². The van der Waals surface area contributed by atoms with Gasteiger partial charge in [0, 0.05) is 37.0 Å². The van der Waals surface area contributed by atoms with Crippen LogP contribution in [0.1, 0.15) is 15.9 Å². The average molecular weight is 402 g/mol. The number of urea groups is 1. The molecule has 0 saturated carbocycles. The van der Waals surface area contributed by atoms with Gasteiger partial charge in [0.1, 0.15) is 5.82 Å². The van der Waals surface area contributed by atoms with E-state index >= 15 is 0 Å². The van der Waals surface area contributed by atoms with E-state index in [0.717, 1.165) is 0 Å². The van der Waals surface area contributed by atoms with E-state index in [2.05, 4.69) is 21.3 Å². The molecule has 0 bridgehead atoms. The molecule has 0 aliphatic heterocycles. The Morgan fingerprint density at radius 2 is 1.72 bits per heavy atom. The van der Waals surface area contributed by atoms with Crippen molar-refractivity contribution < 1.29 is 23.5 Å². The van der Waals surface area contributed by atoms with E-state index in [-0.39, 0.29) is 24.8 Å². The summed E-state index contributed by atoms with van der Waals surface area (Å²) in [5.41, 5.74) is 1.40. The van der Waals surface area contributed by atoms with E-state index in [9.17, 15) is 18.8 Å². The standard InChI is InChI=1S/C20H23FN4O4/c1-29-11-10-22-20(28)25-18(26)13-23-16-8-6-14(7-9-16)19(27)24-12-15-4-2-3-5-17(15)21/h2-9,23H,10-13H2,1H3,(H,24,27)(H2,22,25,26,28). The SMILES string of the molecule is COCCNC(=O)NC(=O)CNc1ccc(C(=O)NCc2ccccc2F)cc1. The number of anilines is 1. The normalized spacial score (nSPS) is 10.1. The first-order valence-corrected chi connectivity index (χ1v) is 8.91. The highest BCUT2D eigenvalue weighted by atomic mass is 19.1. The number of rotatable bonds is 9. The van der Waals surface area contributed by atoms with Gasteiger partial charge in [-0.3, -0.25) is 14.9 Å². The number of halogens is 1. The van der Waals surface area contributed by atoms with E-state index in [4.69, 9.17) is 4.74 Å². The third-order valence-corrected chi connectivity index (χ3v) is 3.84. The monoisotopic (exact) mass is 402 g/mol. The lowest BCUT2D eigenvalue weighted by atomic mass is 10.1. The maximum absolute atomic E-state index is 13.6. The summed E-state index contributed by atoms with van der Waals surface area (Å²) in [5, 5.41) is 10.1. The number of imide groups is 1. The minimum Gasteiger partial charge on any atom is -0.383 e. The maximum Gasteiger partial charge on any atom is 0.321 e. The number of methoxy groups -OCH3 is 1. The van der Waals surface area contributed by atoms with Gasteiger partial charge in [-0.25, -0.2) is 9.18 Å². The fourth-order valence-electron chi connectivity index (χ4n) is 2.32. The van der Waals surface area contributed by atoms with E-state index in [1.807, 2.05) is 0 Å². The van der Waals surface area contributed by atoms with Crippen molar-refractivity contribution in [1.29, 1.82) is 0 Å². The Kier molecular flexibility index (Phi) is 8.58. The zero-order valence-corrected chi connectivity index (χ0v) is 16.0. The largest absolute Gasteiger partial charge is 0.383 e. The number of ether oxygens (including phenoxy) is 1. The molecule has 0 aliphatic rings. The van der Waals surface area contributed by atoms with E-state index in [0.29, 0.717) is 30.0 Å². The first kappa shape index (κ1) is 21.8. The lowest BCUT2D eigenvalue weighted by molar-refractivity contribution is -0.118. The van der Waals surface area contributed by atoms with Crippen LogP contribution < -0.4 is 21.3 Å². The van der Waals surface area contributed by atoms with Gasteiger partial charge in [-0.1, -0.05) is 18.2 Å². The van der Waals surface area contributed by atoms with Crippen molar-refractivity contribution in [2.24, 2.45) is 0 Å². The number of carbonyl (C=O) groups is 3. The van der Waals surface area contributed by atoms with Crippen LogP contribution in [0.5, 0.6) is 0 Å². The molecule has 0 saturated heterocycles. The molecule has 0 aromatic heterocycles. The van der Waals surface area contributed by atoms with Crippen LogP contribution in [0.15, 0.2) is 48.5 Å². The zero-order valence-electron chi connectivity index (χ0n) is 16.0. The number of benzene rings is 2. The molecule has 9 heteroatoms. The summed E-state index contributed by atoms with van der Waals surface area (Å²) in [6, 6.07) is 12.0. The highest BCUT2D eigenvalue weighted by Gasteiger charge is 2.09.